The molecule has 1 atom stereocenters. The molecular weight excluding hydrogens is 647 g/mol. The summed E-state index contributed by atoms with van der Waals surface area (Å²) in [6.45, 7) is 8.16. The highest BCUT2D eigenvalue weighted by Gasteiger charge is 2.37. The first-order valence-electron chi connectivity index (χ1n) is 18.1. The van der Waals surface area contributed by atoms with Gasteiger partial charge in [0, 0.05) is 83.1 Å². The number of anilines is 1. The number of nitrogens with zero attached hydrogens (tertiary/aromatic N) is 5. The standard InChI is InChI=1S/C37H50F3N7O3/c1-3-27-9-8-26(24-31(27)37(38,39)40)25-33(34(48)45-15-11-29(12-16-45)44-22-20-43(2)21-23-44)42-35(49)46-17-13-30(14-18-46)47-19-10-28-6-4-5-7-32(28)41-36(47)50/h4-9,24,29-30,33H,3,10-23,25H2,1-2H3,(H,41,50)(H,42,49)/t33-/m1/s1. The van der Waals surface area contributed by atoms with Crippen molar-refractivity contribution in [3.8, 4) is 0 Å². The van der Waals surface area contributed by atoms with Gasteiger partial charge in [0.25, 0.3) is 0 Å². The molecule has 2 aromatic carbocycles. The maximum Gasteiger partial charge on any atom is 0.416 e. The quantitative estimate of drug-likeness (QED) is 0.439. The number of likely N-dealkylation sites (tertiary alicyclic amines) is 2. The zero-order valence-corrected chi connectivity index (χ0v) is 29.2. The Kier molecular flexibility index (Phi) is 11.2. The van der Waals surface area contributed by atoms with Crippen LogP contribution in [0.5, 0.6) is 0 Å². The predicted molar refractivity (Wildman–Crippen MR) is 186 cm³/mol. The van der Waals surface area contributed by atoms with Gasteiger partial charge >= 0.3 is 18.2 Å². The molecule has 0 spiro atoms. The lowest BCUT2D eigenvalue weighted by atomic mass is 9.96. The number of urea groups is 2. The van der Waals surface area contributed by atoms with Crippen LogP contribution in [-0.2, 0) is 30.2 Å². The number of likely N-dealkylation sites (N-methyl/N-ethyl adjacent to an activating group) is 1. The van der Waals surface area contributed by atoms with Gasteiger partial charge in [0.2, 0.25) is 5.91 Å². The minimum Gasteiger partial charge on any atom is -0.341 e. The summed E-state index contributed by atoms with van der Waals surface area (Å²) < 4.78 is 41.9. The van der Waals surface area contributed by atoms with E-state index in [1.807, 2.05) is 29.2 Å². The summed E-state index contributed by atoms with van der Waals surface area (Å²) >= 11 is 0. The Morgan fingerprint density at radius 2 is 1.54 bits per heavy atom. The topological polar surface area (TPSA) is 91.5 Å². The molecule has 0 bridgehead atoms. The molecule has 4 aliphatic rings. The summed E-state index contributed by atoms with van der Waals surface area (Å²) in [5, 5.41) is 5.95. The third-order valence-electron chi connectivity index (χ3n) is 11.1. The highest BCUT2D eigenvalue weighted by molar-refractivity contribution is 5.91. The number of benzene rings is 2. The van der Waals surface area contributed by atoms with Crippen molar-refractivity contribution in [2.45, 2.75) is 76.2 Å². The Balaban J connectivity index is 1.11. The van der Waals surface area contributed by atoms with Gasteiger partial charge in [-0.25, -0.2) is 9.59 Å². The third-order valence-corrected chi connectivity index (χ3v) is 11.1. The third kappa shape index (κ3) is 8.37. The molecule has 13 heteroatoms. The molecule has 0 aromatic heterocycles. The number of rotatable bonds is 7. The Labute approximate surface area is 292 Å². The van der Waals surface area contributed by atoms with Crippen molar-refractivity contribution < 1.29 is 27.6 Å². The average Bonchev–Trinajstić information content (AvgIpc) is 3.29. The average molecular weight is 698 g/mol. The van der Waals surface area contributed by atoms with E-state index in [9.17, 15) is 27.6 Å². The van der Waals surface area contributed by atoms with Crippen LogP contribution >= 0.6 is 0 Å². The highest BCUT2D eigenvalue weighted by atomic mass is 19.4. The number of carbonyl (C=O) groups excluding carboxylic acids is 3. The van der Waals surface area contributed by atoms with Gasteiger partial charge in [0.15, 0.2) is 0 Å². The first-order chi connectivity index (χ1) is 24.0. The second-order valence-electron chi connectivity index (χ2n) is 14.2. The van der Waals surface area contributed by atoms with E-state index in [1.54, 1.807) is 22.8 Å². The molecule has 4 aliphatic heterocycles. The fraction of sp³-hybridized carbons (Fsp3) is 0.595. The summed E-state index contributed by atoms with van der Waals surface area (Å²) in [7, 11) is 2.12. The normalized spacial score (nSPS) is 21.0. The number of hydrogen-bond donors (Lipinski definition) is 2. The van der Waals surface area contributed by atoms with E-state index in [4.69, 9.17) is 0 Å². The maximum absolute atomic E-state index is 14.1. The number of carbonyl (C=O) groups is 3. The van der Waals surface area contributed by atoms with E-state index in [-0.39, 0.29) is 36.4 Å². The van der Waals surface area contributed by atoms with Gasteiger partial charge in [0.05, 0.1) is 5.56 Å². The van der Waals surface area contributed by atoms with Crippen molar-refractivity contribution in [2.75, 3.05) is 71.3 Å². The number of hydrogen-bond acceptors (Lipinski definition) is 5. The second-order valence-corrected chi connectivity index (χ2v) is 14.2. The van der Waals surface area contributed by atoms with E-state index >= 15 is 0 Å². The first kappa shape index (κ1) is 36.0. The van der Waals surface area contributed by atoms with Crippen molar-refractivity contribution in [3.05, 3.63) is 64.7 Å². The summed E-state index contributed by atoms with van der Waals surface area (Å²) in [4.78, 5) is 51.0. The van der Waals surface area contributed by atoms with E-state index < -0.39 is 23.8 Å². The van der Waals surface area contributed by atoms with Gasteiger partial charge in [-0.1, -0.05) is 37.3 Å². The molecule has 0 aliphatic carbocycles. The van der Waals surface area contributed by atoms with E-state index in [0.29, 0.717) is 57.2 Å². The van der Waals surface area contributed by atoms with Gasteiger partial charge in [-0.2, -0.15) is 13.2 Å². The molecule has 0 radical (unpaired) electrons. The van der Waals surface area contributed by atoms with Gasteiger partial charge < -0.3 is 30.2 Å². The number of fused-ring (bicyclic) bond motifs is 1. The van der Waals surface area contributed by atoms with Crippen LogP contribution in [0.3, 0.4) is 0 Å². The lowest BCUT2D eigenvalue weighted by Crippen LogP contribution is -2.58. The number of amides is 5. The number of halogens is 3. The Hall–Kier alpha value is -3.84. The van der Waals surface area contributed by atoms with Crippen LogP contribution in [0.1, 0.15) is 54.9 Å². The molecule has 4 heterocycles. The molecular formula is C37H50F3N7O3. The van der Waals surface area contributed by atoms with Crippen LogP contribution in [0.15, 0.2) is 42.5 Å². The number of aryl methyl sites for hydroxylation is 1. The Morgan fingerprint density at radius 3 is 2.22 bits per heavy atom. The predicted octanol–water partition coefficient (Wildman–Crippen LogP) is 4.68. The smallest absolute Gasteiger partial charge is 0.341 e. The van der Waals surface area contributed by atoms with Gasteiger partial charge in [-0.05, 0) is 74.4 Å². The second kappa shape index (κ2) is 15.6. The summed E-state index contributed by atoms with van der Waals surface area (Å²) in [5.41, 5.74) is 1.76. The zero-order valence-electron chi connectivity index (χ0n) is 29.2. The van der Waals surface area contributed by atoms with Crippen LogP contribution in [0, 0.1) is 0 Å². The van der Waals surface area contributed by atoms with Crippen molar-refractivity contribution in [1.82, 2.24) is 29.8 Å². The van der Waals surface area contributed by atoms with Crippen molar-refractivity contribution in [1.29, 1.82) is 0 Å². The maximum atomic E-state index is 14.1. The summed E-state index contributed by atoms with van der Waals surface area (Å²) in [5.74, 6) is -0.265. The Bertz CT molecular complexity index is 1510. The molecule has 0 unspecified atom stereocenters. The van der Waals surface area contributed by atoms with Crippen LogP contribution in [-0.4, -0.2) is 127 Å². The largest absolute Gasteiger partial charge is 0.416 e. The van der Waals surface area contributed by atoms with Gasteiger partial charge in [-0.15, -0.1) is 0 Å². The van der Waals surface area contributed by atoms with Crippen LogP contribution in [0.25, 0.3) is 0 Å². The van der Waals surface area contributed by atoms with Crippen LogP contribution in [0.2, 0.25) is 0 Å². The first-order valence-corrected chi connectivity index (χ1v) is 18.1. The van der Waals surface area contributed by atoms with Crippen LogP contribution in [0.4, 0.5) is 28.4 Å². The monoisotopic (exact) mass is 697 g/mol. The molecule has 3 fully saturated rings. The van der Waals surface area contributed by atoms with Crippen LogP contribution < -0.4 is 10.6 Å². The SMILES string of the molecule is CCc1ccc(C[C@@H](NC(=O)N2CCC(N3CCc4ccccc4NC3=O)CC2)C(=O)N2CCC(N3CCN(C)CC3)CC2)cc1C(F)(F)F. The number of piperidine rings is 2. The minimum atomic E-state index is -4.52. The zero-order chi connectivity index (χ0) is 35.4. The summed E-state index contributed by atoms with van der Waals surface area (Å²) in [6.07, 6.45) is -0.774. The van der Waals surface area contributed by atoms with E-state index in [2.05, 4.69) is 27.5 Å². The molecule has 5 amide bonds. The lowest BCUT2D eigenvalue weighted by molar-refractivity contribution is -0.138. The molecule has 272 valence electrons. The van der Waals surface area contributed by atoms with Crippen molar-refractivity contribution >= 4 is 23.7 Å². The molecule has 6 rings (SSSR count). The molecule has 2 aromatic rings. The van der Waals surface area contributed by atoms with Gasteiger partial charge in [0.1, 0.15) is 6.04 Å². The minimum absolute atomic E-state index is 0.0368. The number of alkyl halides is 3. The van der Waals surface area contributed by atoms with Crippen molar-refractivity contribution in [3.63, 3.8) is 0 Å². The number of nitrogens with one attached hydrogen (secondary N) is 2. The molecule has 3 saturated heterocycles. The molecule has 0 saturated carbocycles. The molecule has 10 nitrogen and oxygen atoms in total. The van der Waals surface area contributed by atoms with E-state index in [1.165, 1.54) is 6.07 Å². The fourth-order valence-corrected chi connectivity index (χ4v) is 7.98. The number of piperazine rings is 1. The fourth-order valence-electron chi connectivity index (χ4n) is 7.98. The lowest BCUT2D eigenvalue weighted by Gasteiger charge is -2.42. The Morgan fingerprint density at radius 1 is 0.880 bits per heavy atom. The number of para-hydroxylation sites is 1. The van der Waals surface area contributed by atoms with Gasteiger partial charge in [-0.3, -0.25) is 9.69 Å². The highest BCUT2D eigenvalue weighted by Crippen LogP contribution is 2.33. The van der Waals surface area contributed by atoms with Crippen molar-refractivity contribution in [2.24, 2.45) is 0 Å². The summed E-state index contributed by atoms with van der Waals surface area (Å²) in [6, 6.07) is 10.8. The van der Waals surface area contributed by atoms with E-state index in [0.717, 1.165) is 62.8 Å². The molecule has 50 heavy (non-hydrogen) atoms. The molecule has 2 N–H and O–H groups in total.